The lowest BCUT2D eigenvalue weighted by Gasteiger charge is -2.03. The smallest absolute Gasteiger partial charge is 0.307 e. The lowest BCUT2D eigenvalue weighted by molar-refractivity contribution is -0.136. The van der Waals surface area contributed by atoms with Crippen molar-refractivity contribution < 1.29 is 19.7 Å². The van der Waals surface area contributed by atoms with Gasteiger partial charge in [-0.15, -0.1) is 11.8 Å². The molecule has 0 aliphatic carbocycles. The highest BCUT2D eigenvalue weighted by Crippen LogP contribution is 2.18. The van der Waals surface area contributed by atoms with E-state index in [1.54, 1.807) is 11.8 Å². The average molecular weight is 256 g/mol. The SMILES string of the molecule is O=C(O)Cc1ccc(SCCOCCO)cc1. The number of rotatable bonds is 8. The number of ether oxygens (including phenoxy) is 1. The molecule has 0 atom stereocenters. The maximum Gasteiger partial charge on any atom is 0.307 e. The molecule has 1 rings (SSSR count). The van der Waals surface area contributed by atoms with Gasteiger partial charge in [-0.1, -0.05) is 12.1 Å². The second-order valence-corrected chi connectivity index (χ2v) is 4.57. The predicted molar refractivity (Wildman–Crippen MR) is 66.4 cm³/mol. The number of aliphatic hydroxyl groups excluding tert-OH is 1. The first-order valence-electron chi connectivity index (χ1n) is 5.34. The van der Waals surface area contributed by atoms with Gasteiger partial charge in [0.1, 0.15) is 0 Å². The Morgan fingerprint density at radius 3 is 2.53 bits per heavy atom. The van der Waals surface area contributed by atoms with Crippen molar-refractivity contribution in [3.63, 3.8) is 0 Å². The quantitative estimate of drug-likeness (QED) is 0.544. The Labute approximate surface area is 105 Å². The van der Waals surface area contributed by atoms with Gasteiger partial charge in [-0.2, -0.15) is 0 Å². The lowest BCUT2D eigenvalue weighted by Crippen LogP contribution is -2.02. The Balaban J connectivity index is 2.28. The summed E-state index contributed by atoms with van der Waals surface area (Å²) in [6.45, 7) is 1.02. The molecule has 0 aliphatic heterocycles. The van der Waals surface area contributed by atoms with Crippen LogP contribution >= 0.6 is 11.8 Å². The highest BCUT2D eigenvalue weighted by Gasteiger charge is 2.00. The van der Waals surface area contributed by atoms with E-state index in [2.05, 4.69) is 0 Å². The van der Waals surface area contributed by atoms with Crippen LogP contribution in [0.2, 0.25) is 0 Å². The van der Waals surface area contributed by atoms with Crippen LogP contribution in [0.5, 0.6) is 0 Å². The first kappa shape index (κ1) is 14.0. The number of thioether (sulfide) groups is 1. The van der Waals surface area contributed by atoms with Crippen molar-refractivity contribution >= 4 is 17.7 Å². The van der Waals surface area contributed by atoms with Crippen molar-refractivity contribution in [1.82, 2.24) is 0 Å². The molecule has 0 amide bonds. The molecular weight excluding hydrogens is 240 g/mol. The van der Waals surface area contributed by atoms with E-state index < -0.39 is 5.97 Å². The van der Waals surface area contributed by atoms with Gasteiger partial charge in [0.25, 0.3) is 0 Å². The zero-order valence-electron chi connectivity index (χ0n) is 9.46. The highest BCUT2D eigenvalue weighted by molar-refractivity contribution is 7.99. The summed E-state index contributed by atoms with van der Waals surface area (Å²) >= 11 is 1.64. The molecule has 0 radical (unpaired) electrons. The minimum Gasteiger partial charge on any atom is -0.481 e. The van der Waals surface area contributed by atoms with Crippen LogP contribution in [0.3, 0.4) is 0 Å². The summed E-state index contributed by atoms with van der Waals surface area (Å²) in [5, 5.41) is 17.1. The molecule has 0 aromatic heterocycles. The van der Waals surface area contributed by atoms with Crippen LogP contribution in [-0.2, 0) is 16.0 Å². The molecule has 0 saturated heterocycles. The van der Waals surface area contributed by atoms with Crippen molar-refractivity contribution in [3.05, 3.63) is 29.8 Å². The van der Waals surface area contributed by atoms with Crippen molar-refractivity contribution in [2.75, 3.05) is 25.6 Å². The normalized spacial score (nSPS) is 10.4. The van der Waals surface area contributed by atoms with Gasteiger partial charge in [-0.05, 0) is 17.7 Å². The van der Waals surface area contributed by atoms with Gasteiger partial charge in [0.2, 0.25) is 0 Å². The van der Waals surface area contributed by atoms with E-state index in [0.717, 1.165) is 16.2 Å². The Kier molecular flexibility index (Phi) is 6.69. The maximum absolute atomic E-state index is 10.5. The summed E-state index contributed by atoms with van der Waals surface area (Å²) in [5.41, 5.74) is 0.804. The van der Waals surface area contributed by atoms with Crippen LogP contribution in [0.15, 0.2) is 29.2 Å². The number of aliphatic carboxylic acids is 1. The largest absolute Gasteiger partial charge is 0.481 e. The van der Waals surface area contributed by atoms with Gasteiger partial charge in [0.15, 0.2) is 0 Å². The number of aliphatic hydroxyl groups is 1. The molecule has 17 heavy (non-hydrogen) atoms. The fourth-order valence-electron chi connectivity index (χ4n) is 1.26. The van der Waals surface area contributed by atoms with Crippen molar-refractivity contribution in [2.45, 2.75) is 11.3 Å². The summed E-state index contributed by atoms with van der Waals surface area (Å²) in [6, 6.07) is 7.47. The zero-order chi connectivity index (χ0) is 12.5. The summed E-state index contributed by atoms with van der Waals surface area (Å²) in [4.78, 5) is 11.6. The first-order chi connectivity index (χ1) is 8.22. The fourth-order valence-corrected chi connectivity index (χ4v) is 2.03. The summed E-state index contributed by atoms with van der Waals surface area (Å²) < 4.78 is 5.13. The molecule has 0 spiro atoms. The Morgan fingerprint density at radius 2 is 1.94 bits per heavy atom. The molecule has 0 bridgehead atoms. The topological polar surface area (TPSA) is 66.8 Å². The number of carboxylic acids is 1. The van der Waals surface area contributed by atoms with E-state index >= 15 is 0 Å². The van der Waals surface area contributed by atoms with Crippen molar-refractivity contribution in [1.29, 1.82) is 0 Å². The van der Waals surface area contributed by atoms with Crippen LogP contribution in [-0.4, -0.2) is 41.8 Å². The van der Waals surface area contributed by atoms with Crippen LogP contribution in [0, 0.1) is 0 Å². The molecular formula is C12H16O4S. The number of hydrogen-bond acceptors (Lipinski definition) is 4. The third-order valence-electron chi connectivity index (χ3n) is 2.01. The molecule has 0 fully saturated rings. The van der Waals surface area contributed by atoms with E-state index in [1.165, 1.54) is 0 Å². The Bertz CT molecular complexity index is 337. The van der Waals surface area contributed by atoms with E-state index in [9.17, 15) is 4.79 Å². The molecule has 1 aromatic carbocycles. The lowest BCUT2D eigenvalue weighted by atomic mass is 10.2. The number of carboxylic acid groups (broad SMARTS) is 1. The van der Waals surface area contributed by atoms with Crippen LogP contribution in [0.4, 0.5) is 0 Å². The molecule has 0 saturated carbocycles. The summed E-state index contributed by atoms with van der Waals surface area (Å²) in [6.07, 6.45) is 0.0601. The minimum atomic E-state index is -0.817. The number of carbonyl (C=O) groups is 1. The predicted octanol–water partition coefficient (Wildman–Crippen LogP) is 1.41. The molecule has 5 heteroatoms. The van der Waals surface area contributed by atoms with Gasteiger partial charge in [0.05, 0.1) is 26.2 Å². The van der Waals surface area contributed by atoms with Gasteiger partial charge in [0, 0.05) is 10.6 Å². The Hall–Kier alpha value is -1.04. The highest BCUT2D eigenvalue weighted by atomic mass is 32.2. The monoisotopic (exact) mass is 256 g/mol. The molecule has 0 unspecified atom stereocenters. The third-order valence-corrected chi connectivity index (χ3v) is 2.99. The number of hydrogen-bond donors (Lipinski definition) is 2. The third kappa shape index (κ3) is 6.31. The van der Waals surface area contributed by atoms with E-state index in [1.807, 2.05) is 24.3 Å². The average Bonchev–Trinajstić information content (AvgIpc) is 2.30. The van der Waals surface area contributed by atoms with Crippen molar-refractivity contribution in [2.24, 2.45) is 0 Å². The zero-order valence-corrected chi connectivity index (χ0v) is 10.3. The minimum absolute atomic E-state index is 0.0502. The van der Waals surface area contributed by atoms with Gasteiger partial charge < -0.3 is 14.9 Å². The van der Waals surface area contributed by atoms with Crippen LogP contribution in [0.1, 0.15) is 5.56 Å². The fraction of sp³-hybridized carbons (Fsp3) is 0.417. The molecule has 4 nitrogen and oxygen atoms in total. The molecule has 94 valence electrons. The second kappa shape index (κ2) is 8.11. The van der Waals surface area contributed by atoms with Crippen LogP contribution < -0.4 is 0 Å². The molecule has 0 heterocycles. The van der Waals surface area contributed by atoms with Gasteiger partial charge in [-0.25, -0.2) is 0 Å². The van der Waals surface area contributed by atoms with Gasteiger partial charge in [-0.3, -0.25) is 4.79 Å². The Morgan fingerprint density at radius 1 is 1.24 bits per heavy atom. The maximum atomic E-state index is 10.5. The standard InChI is InChI=1S/C12H16O4S/c13-5-6-16-7-8-17-11-3-1-10(2-4-11)9-12(14)15/h1-4,13H,5-9H2,(H,14,15). The van der Waals surface area contributed by atoms with Crippen molar-refractivity contribution in [3.8, 4) is 0 Å². The summed E-state index contributed by atoms with van der Waals surface area (Å²) in [5.74, 6) is 0.000890. The summed E-state index contributed by atoms with van der Waals surface area (Å²) in [7, 11) is 0. The second-order valence-electron chi connectivity index (χ2n) is 3.40. The van der Waals surface area contributed by atoms with Gasteiger partial charge >= 0.3 is 5.97 Å². The first-order valence-corrected chi connectivity index (χ1v) is 6.33. The molecule has 2 N–H and O–H groups in total. The number of benzene rings is 1. The molecule has 1 aromatic rings. The van der Waals surface area contributed by atoms with E-state index in [-0.39, 0.29) is 13.0 Å². The van der Waals surface area contributed by atoms with Crippen LogP contribution in [0.25, 0.3) is 0 Å². The molecule has 0 aliphatic rings. The van der Waals surface area contributed by atoms with E-state index in [4.69, 9.17) is 14.9 Å². The van der Waals surface area contributed by atoms with E-state index in [0.29, 0.717) is 13.2 Å².